The molecule has 2 aromatic heterocycles. The van der Waals surface area contributed by atoms with Gasteiger partial charge in [0, 0.05) is 52.7 Å². The Morgan fingerprint density at radius 2 is 1.15 bits per heavy atom. The minimum Gasteiger partial charge on any atom is -0.481 e. The first-order valence-corrected chi connectivity index (χ1v) is 15.0. The smallest absolute Gasteiger partial charge is 0.308 e. The monoisotopic (exact) mass is 641 g/mol. The first-order chi connectivity index (χ1) is 18.7. The maximum Gasteiger partial charge on any atom is 0.308 e. The van der Waals surface area contributed by atoms with E-state index in [-0.39, 0.29) is 12.3 Å². The van der Waals surface area contributed by atoms with Gasteiger partial charge in [0.15, 0.2) is 0 Å². The van der Waals surface area contributed by atoms with Crippen LogP contribution in [0.5, 0.6) is 0 Å². The van der Waals surface area contributed by atoms with Crippen molar-refractivity contribution in [1.82, 2.24) is 4.90 Å². The molecule has 4 aromatic rings. The number of hydrogen-bond acceptors (Lipinski definition) is 5. The van der Waals surface area contributed by atoms with Gasteiger partial charge in [0.25, 0.3) is 0 Å². The summed E-state index contributed by atoms with van der Waals surface area (Å²) in [7, 11) is 0. The molecule has 1 amide bonds. The molecular formula is C28H23Cl4NO4S2. The molecule has 5 rings (SSSR count). The van der Waals surface area contributed by atoms with Crippen LogP contribution in [0.1, 0.15) is 9.75 Å². The molecule has 1 saturated heterocycles. The van der Waals surface area contributed by atoms with Crippen molar-refractivity contribution in [1.29, 1.82) is 0 Å². The molecule has 1 N–H and O–H groups in total. The van der Waals surface area contributed by atoms with Crippen LogP contribution in [0.3, 0.4) is 0 Å². The second kappa shape index (κ2) is 14.0. The lowest BCUT2D eigenvalue weighted by Gasteiger charge is -2.26. The van der Waals surface area contributed by atoms with E-state index in [0.29, 0.717) is 52.8 Å². The fourth-order valence-corrected chi connectivity index (χ4v) is 6.90. The van der Waals surface area contributed by atoms with Crippen molar-refractivity contribution in [2.45, 2.75) is 12.8 Å². The fourth-order valence-electron chi connectivity index (χ4n) is 3.87. The molecular weight excluding hydrogens is 620 g/mol. The van der Waals surface area contributed by atoms with Gasteiger partial charge in [0.1, 0.15) is 0 Å². The zero-order chi connectivity index (χ0) is 27.9. The summed E-state index contributed by atoms with van der Waals surface area (Å²) in [5.41, 5.74) is 1.89. The maximum absolute atomic E-state index is 12.3. The molecule has 1 fully saturated rings. The Hall–Kier alpha value is -2.10. The number of carbonyl (C=O) groups excluding carboxylic acids is 1. The standard InChI is InChI=1S/C16H15Cl2NO2S.C12H8Cl2O2S/c17-12-7-11(8-13(18)9-12)15-2-1-14(22-15)10-16(20)19-3-5-21-6-4-19;13-8-3-7(4-9(14)5-8)11-2-1-10(17-11)6-12(15)16/h1-2,7-9H,3-6,10H2;1-5H,6H2,(H,15,16). The van der Waals surface area contributed by atoms with Gasteiger partial charge in [-0.15, -0.1) is 22.7 Å². The number of halogens is 4. The number of hydrogen-bond donors (Lipinski definition) is 1. The summed E-state index contributed by atoms with van der Waals surface area (Å²) in [6.45, 7) is 2.62. The van der Waals surface area contributed by atoms with Gasteiger partial charge in [-0.1, -0.05) is 46.4 Å². The van der Waals surface area contributed by atoms with Gasteiger partial charge >= 0.3 is 5.97 Å². The molecule has 3 heterocycles. The zero-order valence-corrected chi connectivity index (χ0v) is 25.1. The number of amides is 1. The molecule has 0 bridgehead atoms. The number of nitrogens with zero attached hydrogens (tertiary/aromatic N) is 1. The highest BCUT2D eigenvalue weighted by molar-refractivity contribution is 7.15. The Morgan fingerprint density at radius 3 is 1.59 bits per heavy atom. The highest BCUT2D eigenvalue weighted by Gasteiger charge is 2.18. The molecule has 204 valence electrons. The van der Waals surface area contributed by atoms with Crippen LogP contribution in [-0.4, -0.2) is 48.2 Å². The van der Waals surface area contributed by atoms with Crippen molar-refractivity contribution in [2.75, 3.05) is 26.3 Å². The van der Waals surface area contributed by atoms with Crippen molar-refractivity contribution in [3.8, 4) is 20.9 Å². The first-order valence-electron chi connectivity index (χ1n) is 11.8. The van der Waals surface area contributed by atoms with E-state index in [1.807, 2.05) is 53.4 Å². The predicted molar refractivity (Wildman–Crippen MR) is 162 cm³/mol. The average Bonchev–Trinajstić information content (AvgIpc) is 3.53. The van der Waals surface area contributed by atoms with Gasteiger partial charge < -0.3 is 14.7 Å². The van der Waals surface area contributed by atoms with Crippen molar-refractivity contribution in [3.63, 3.8) is 0 Å². The molecule has 0 saturated carbocycles. The molecule has 0 unspecified atom stereocenters. The molecule has 5 nitrogen and oxygen atoms in total. The number of thiophene rings is 2. The first kappa shape index (κ1) is 29.9. The topological polar surface area (TPSA) is 66.8 Å². The summed E-state index contributed by atoms with van der Waals surface area (Å²) < 4.78 is 5.27. The maximum atomic E-state index is 12.3. The second-order valence-electron chi connectivity index (χ2n) is 8.59. The summed E-state index contributed by atoms with van der Waals surface area (Å²) in [4.78, 5) is 28.6. The Balaban J connectivity index is 0.000000187. The third kappa shape index (κ3) is 8.95. The third-order valence-electron chi connectivity index (χ3n) is 5.63. The minimum atomic E-state index is -0.831. The fraction of sp³-hybridized carbons (Fsp3) is 0.214. The van der Waals surface area contributed by atoms with Gasteiger partial charge in [-0.05, 0) is 71.8 Å². The largest absolute Gasteiger partial charge is 0.481 e. The lowest BCUT2D eigenvalue weighted by Crippen LogP contribution is -2.41. The number of aliphatic carboxylic acids is 1. The van der Waals surface area contributed by atoms with E-state index in [0.717, 1.165) is 30.6 Å². The summed E-state index contributed by atoms with van der Waals surface area (Å²) in [5.74, 6) is -0.677. The highest BCUT2D eigenvalue weighted by Crippen LogP contribution is 2.33. The number of benzene rings is 2. The summed E-state index contributed by atoms with van der Waals surface area (Å²) >= 11 is 26.9. The van der Waals surface area contributed by atoms with E-state index < -0.39 is 5.97 Å². The van der Waals surface area contributed by atoms with Crippen molar-refractivity contribution in [2.24, 2.45) is 0 Å². The van der Waals surface area contributed by atoms with Crippen LogP contribution < -0.4 is 0 Å². The number of carboxylic acids is 1. The molecule has 0 spiro atoms. The lowest BCUT2D eigenvalue weighted by molar-refractivity contribution is -0.136. The predicted octanol–water partition coefficient (Wildman–Crippen LogP) is 8.47. The molecule has 0 atom stereocenters. The van der Waals surface area contributed by atoms with E-state index in [1.54, 1.807) is 23.5 Å². The third-order valence-corrected chi connectivity index (χ3v) is 8.77. The number of carboxylic acid groups (broad SMARTS) is 1. The number of carbonyl (C=O) groups is 2. The Morgan fingerprint density at radius 1 is 0.718 bits per heavy atom. The zero-order valence-electron chi connectivity index (χ0n) is 20.5. The normalized spacial score (nSPS) is 13.1. The average molecular weight is 643 g/mol. The van der Waals surface area contributed by atoms with Crippen molar-refractivity contribution < 1.29 is 19.4 Å². The Labute approximate surface area is 254 Å². The van der Waals surface area contributed by atoms with Crippen molar-refractivity contribution >= 4 is 81.0 Å². The van der Waals surface area contributed by atoms with Crippen LogP contribution in [0.2, 0.25) is 20.1 Å². The second-order valence-corrected chi connectivity index (χ2v) is 12.7. The molecule has 2 aromatic carbocycles. The van der Waals surface area contributed by atoms with Crippen molar-refractivity contribution in [3.05, 3.63) is 90.5 Å². The van der Waals surface area contributed by atoms with E-state index >= 15 is 0 Å². The van der Waals surface area contributed by atoms with Gasteiger partial charge in [0.2, 0.25) is 5.91 Å². The van der Waals surface area contributed by atoms with E-state index in [9.17, 15) is 9.59 Å². The SMILES string of the molecule is O=C(Cc1ccc(-c2cc(Cl)cc(Cl)c2)s1)N1CCOCC1.O=C(O)Cc1ccc(-c2cc(Cl)cc(Cl)c2)s1. The number of morpholine rings is 1. The molecule has 11 heteroatoms. The van der Waals surface area contributed by atoms with Crippen LogP contribution in [-0.2, 0) is 27.2 Å². The van der Waals surface area contributed by atoms with Gasteiger partial charge in [0.05, 0.1) is 26.1 Å². The Kier molecular flexibility index (Phi) is 10.7. The van der Waals surface area contributed by atoms with E-state index in [2.05, 4.69) is 0 Å². The lowest BCUT2D eigenvalue weighted by atomic mass is 10.2. The van der Waals surface area contributed by atoms with Crippen LogP contribution >= 0.6 is 69.1 Å². The number of rotatable bonds is 6. The van der Waals surface area contributed by atoms with Crippen LogP contribution in [0.15, 0.2) is 60.7 Å². The molecule has 1 aliphatic heterocycles. The van der Waals surface area contributed by atoms with E-state index in [1.165, 1.54) is 11.3 Å². The summed E-state index contributed by atoms with van der Waals surface area (Å²) in [6, 6.07) is 18.4. The molecule has 0 radical (unpaired) electrons. The molecule has 39 heavy (non-hydrogen) atoms. The summed E-state index contributed by atoms with van der Waals surface area (Å²) in [6.07, 6.45) is 0.470. The van der Waals surface area contributed by atoms with Crippen LogP contribution in [0.25, 0.3) is 20.9 Å². The van der Waals surface area contributed by atoms with Gasteiger partial charge in [-0.3, -0.25) is 9.59 Å². The van der Waals surface area contributed by atoms with Crippen LogP contribution in [0, 0.1) is 0 Å². The minimum absolute atomic E-state index is 0.0406. The summed E-state index contributed by atoms with van der Waals surface area (Å²) in [5, 5.41) is 11.1. The van der Waals surface area contributed by atoms with Crippen LogP contribution in [0.4, 0.5) is 0 Å². The van der Waals surface area contributed by atoms with Gasteiger partial charge in [-0.25, -0.2) is 0 Å². The highest BCUT2D eigenvalue weighted by atomic mass is 35.5. The molecule has 0 aliphatic carbocycles. The van der Waals surface area contributed by atoms with Gasteiger partial charge in [-0.2, -0.15) is 0 Å². The van der Waals surface area contributed by atoms with E-state index in [4.69, 9.17) is 56.2 Å². The molecule has 1 aliphatic rings. The Bertz CT molecular complexity index is 1420. The number of ether oxygens (including phenoxy) is 1. The quantitative estimate of drug-likeness (QED) is 0.229.